The van der Waals surface area contributed by atoms with Crippen LogP contribution in [0.25, 0.3) is 5.65 Å². The Hall–Kier alpha value is -2.76. The lowest BCUT2D eigenvalue weighted by molar-refractivity contribution is 0.416. The van der Waals surface area contributed by atoms with Crippen LogP contribution in [0.4, 0.5) is 17.3 Å². The molecule has 0 atom stereocenters. The van der Waals surface area contributed by atoms with Crippen molar-refractivity contribution in [1.82, 2.24) is 14.4 Å². The topological polar surface area (TPSA) is 77.5 Å². The Morgan fingerprint density at radius 2 is 2.20 bits per heavy atom. The molecule has 3 N–H and O–H groups in total. The third kappa shape index (κ3) is 2.11. The summed E-state index contributed by atoms with van der Waals surface area (Å²) in [7, 11) is 1.63. The number of nitrogens with zero attached hydrogens (tertiary/aromatic N) is 3. The van der Waals surface area contributed by atoms with Gasteiger partial charge in [0.05, 0.1) is 19.0 Å². The number of hydrogen-bond donors (Lipinski definition) is 2. The fraction of sp³-hybridized carbons (Fsp3) is 0.143. The van der Waals surface area contributed by atoms with Gasteiger partial charge in [-0.2, -0.15) is 0 Å². The normalized spacial score (nSPS) is 10.7. The first-order valence-corrected chi connectivity index (χ1v) is 6.18. The third-order valence-electron chi connectivity index (χ3n) is 3.00. The van der Waals surface area contributed by atoms with Crippen LogP contribution in [0.2, 0.25) is 0 Å². The lowest BCUT2D eigenvalue weighted by Gasteiger charge is -2.12. The molecule has 0 fully saturated rings. The summed E-state index contributed by atoms with van der Waals surface area (Å²) in [6.07, 6.45) is 5.25. The van der Waals surface area contributed by atoms with Crippen LogP contribution in [0, 0.1) is 6.92 Å². The molecule has 6 nitrogen and oxygen atoms in total. The number of rotatable bonds is 3. The SMILES string of the molecule is COc1ccc(C)cc1Nc1nc(N)cn2ccnc12. The summed E-state index contributed by atoms with van der Waals surface area (Å²) in [5, 5.41) is 3.23. The van der Waals surface area contributed by atoms with Crippen molar-refractivity contribution >= 4 is 23.0 Å². The van der Waals surface area contributed by atoms with E-state index in [0.29, 0.717) is 17.3 Å². The van der Waals surface area contributed by atoms with E-state index in [-0.39, 0.29) is 0 Å². The van der Waals surface area contributed by atoms with E-state index in [2.05, 4.69) is 15.3 Å². The second-order valence-corrected chi connectivity index (χ2v) is 4.50. The minimum Gasteiger partial charge on any atom is -0.495 e. The highest BCUT2D eigenvalue weighted by molar-refractivity contribution is 5.74. The average molecular weight is 269 g/mol. The lowest BCUT2D eigenvalue weighted by Crippen LogP contribution is -2.03. The molecule has 20 heavy (non-hydrogen) atoms. The fourth-order valence-electron chi connectivity index (χ4n) is 2.08. The van der Waals surface area contributed by atoms with Crippen molar-refractivity contribution in [2.45, 2.75) is 6.92 Å². The maximum atomic E-state index is 5.81. The van der Waals surface area contributed by atoms with E-state index in [0.717, 1.165) is 17.0 Å². The zero-order valence-corrected chi connectivity index (χ0v) is 11.3. The second-order valence-electron chi connectivity index (χ2n) is 4.50. The molecular weight excluding hydrogens is 254 g/mol. The smallest absolute Gasteiger partial charge is 0.180 e. The first kappa shape index (κ1) is 12.3. The Balaban J connectivity index is 2.09. The van der Waals surface area contributed by atoms with Crippen LogP contribution in [0.5, 0.6) is 5.75 Å². The number of nitrogens with two attached hydrogens (primary N) is 1. The molecule has 0 amide bonds. The molecule has 3 rings (SSSR count). The molecule has 1 aromatic carbocycles. The van der Waals surface area contributed by atoms with Crippen LogP contribution >= 0.6 is 0 Å². The Bertz CT molecular complexity index is 765. The molecular formula is C14H15N5O. The number of aromatic nitrogens is 3. The molecule has 0 radical (unpaired) electrons. The number of hydrogen-bond acceptors (Lipinski definition) is 5. The van der Waals surface area contributed by atoms with Gasteiger partial charge in [-0.1, -0.05) is 6.07 Å². The molecule has 0 spiro atoms. The summed E-state index contributed by atoms with van der Waals surface area (Å²) in [4.78, 5) is 8.58. The van der Waals surface area contributed by atoms with Crippen LogP contribution in [-0.2, 0) is 0 Å². The highest BCUT2D eigenvalue weighted by Gasteiger charge is 2.09. The minimum atomic E-state index is 0.421. The van der Waals surface area contributed by atoms with E-state index >= 15 is 0 Å². The monoisotopic (exact) mass is 269 g/mol. The first-order chi connectivity index (χ1) is 9.67. The van der Waals surface area contributed by atoms with Crippen molar-refractivity contribution in [3.8, 4) is 5.75 Å². The van der Waals surface area contributed by atoms with Gasteiger partial charge in [-0.05, 0) is 24.6 Å². The maximum absolute atomic E-state index is 5.81. The van der Waals surface area contributed by atoms with Crippen molar-refractivity contribution in [2.24, 2.45) is 0 Å². The number of ether oxygens (including phenoxy) is 1. The zero-order chi connectivity index (χ0) is 14.1. The molecule has 0 saturated heterocycles. The van der Waals surface area contributed by atoms with Crippen molar-refractivity contribution in [1.29, 1.82) is 0 Å². The summed E-state index contributed by atoms with van der Waals surface area (Å²) < 4.78 is 7.17. The summed E-state index contributed by atoms with van der Waals surface area (Å²) in [5.74, 6) is 1.76. The summed E-state index contributed by atoms with van der Waals surface area (Å²) in [5.41, 5.74) is 8.47. The predicted octanol–water partition coefficient (Wildman–Crippen LogP) is 2.37. The number of nitrogens with one attached hydrogen (secondary N) is 1. The van der Waals surface area contributed by atoms with Crippen molar-refractivity contribution in [3.05, 3.63) is 42.4 Å². The zero-order valence-electron chi connectivity index (χ0n) is 11.3. The largest absolute Gasteiger partial charge is 0.495 e. The average Bonchev–Trinajstić information content (AvgIpc) is 2.87. The van der Waals surface area contributed by atoms with Gasteiger partial charge >= 0.3 is 0 Å². The van der Waals surface area contributed by atoms with Gasteiger partial charge in [0.25, 0.3) is 0 Å². The molecule has 0 unspecified atom stereocenters. The van der Waals surface area contributed by atoms with E-state index in [9.17, 15) is 0 Å². The predicted molar refractivity (Wildman–Crippen MR) is 78.4 cm³/mol. The Morgan fingerprint density at radius 1 is 1.35 bits per heavy atom. The molecule has 0 aliphatic rings. The van der Waals surface area contributed by atoms with Crippen LogP contribution in [-0.4, -0.2) is 21.5 Å². The van der Waals surface area contributed by atoms with Gasteiger partial charge in [-0.25, -0.2) is 9.97 Å². The van der Waals surface area contributed by atoms with Gasteiger partial charge in [0, 0.05) is 12.4 Å². The summed E-state index contributed by atoms with van der Waals surface area (Å²) in [6, 6.07) is 5.89. The molecule has 0 bridgehead atoms. The standard InChI is InChI=1S/C14H15N5O/c1-9-3-4-11(20-2)10(7-9)17-13-14-16-5-6-19(14)8-12(15)18-13/h3-8H,15H2,1-2H3,(H,17,18). The van der Waals surface area contributed by atoms with Gasteiger partial charge in [-0.3, -0.25) is 0 Å². The number of nitrogen functional groups attached to an aromatic ring is 1. The number of aryl methyl sites for hydroxylation is 1. The summed E-state index contributed by atoms with van der Waals surface area (Å²) >= 11 is 0. The van der Waals surface area contributed by atoms with E-state index in [4.69, 9.17) is 10.5 Å². The number of anilines is 3. The van der Waals surface area contributed by atoms with Crippen LogP contribution in [0.15, 0.2) is 36.8 Å². The Kier molecular flexibility index (Phi) is 2.90. The van der Waals surface area contributed by atoms with Crippen molar-refractivity contribution < 1.29 is 4.74 Å². The van der Waals surface area contributed by atoms with E-state index in [1.54, 1.807) is 19.5 Å². The van der Waals surface area contributed by atoms with Gasteiger partial charge in [-0.15, -0.1) is 0 Å². The highest BCUT2D eigenvalue weighted by Crippen LogP contribution is 2.29. The third-order valence-corrected chi connectivity index (χ3v) is 3.00. The number of imidazole rings is 1. The molecule has 0 aliphatic heterocycles. The van der Waals surface area contributed by atoms with Gasteiger partial charge in [0.1, 0.15) is 11.6 Å². The highest BCUT2D eigenvalue weighted by atomic mass is 16.5. The first-order valence-electron chi connectivity index (χ1n) is 6.18. The van der Waals surface area contributed by atoms with Gasteiger partial charge < -0.3 is 20.2 Å². The molecule has 102 valence electrons. The molecule has 0 aliphatic carbocycles. The fourth-order valence-corrected chi connectivity index (χ4v) is 2.08. The van der Waals surface area contributed by atoms with Crippen molar-refractivity contribution in [3.63, 3.8) is 0 Å². The Morgan fingerprint density at radius 3 is 3.00 bits per heavy atom. The van der Waals surface area contributed by atoms with Crippen LogP contribution < -0.4 is 15.8 Å². The van der Waals surface area contributed by atoms with Gasteiger partial charge in [0.15, 0.2) is 11.5 Å². The molecule has 0 saturated carbocycles. The second kappa shape index (κ2) is 4.73. The van der Waals surface area contributed by atoms with Crippen molar-refractivity contribution in [2.75, 3.05) is 18.2 Å². The molecule has 6 heteroatoms. The van der Waals surface area contributed by atoms with Gasteiger partial charge in [0.2, 0.25) is 0 Å². The summed E-state index contributed by atoms with van der Waals surface area (Å²) in [6.45, 7) is 2.02. The molecule has 2 aromatic heterocycles. The maximum Gasteiger partial charge on any atom is 0.180 e. The van der Waals surface area contributed by atoms with E-state index in [1.165, 1.54) is 0 Å². The lowest BCUT2D eigenvalue weighted by atomic mass is 10.2. The van der Waals surface area contributed by atoms with E-state index < -0.39 is 0 Å². The minimum absolute atomic E-state index is 0.421. The quantitative estimate of drug-likeness (QED) is 0.763. The molecule has 2 heterocycles. The van der Waals surface area contributed by atoms with Crippen LogP contribution in [0.1, 0.15) is 5.56 Å². The number of methoxy groups -OCH3 is 1. The number of benzene rings is 1. The molecule has 3 aromatic rings. The van der Waals surface area contributed by atoms with E-state index in [1.807, 2.05) is 35.7 Å². The van der Waals surface area contributed by atoms with Crippen LogP contribution in [0.3, 0.4) is 0 Å². The Labute approximate surface area is 116 Å². The number of fused-ring (bicyclic) bond motifs is 1.